The zero-order valence-electron chi connectivity index (χ0n) is 12.3. The third kappa shape index (κ3) is 4.41. The first-order chi connectivity index (χ1) is 10.6. The van der Waals surface area contributed by atoms with E-state index >= 15 is 0 Å². The SMILES string of the molecule is CC(N)CCNC(=O)c1ccccc1NC(=O)c1ccsc1. The van der Waals surface area contributed by atoms with Gasteiger partial charge in [-0.3, -0.25) is 9.59 Å². The molecule has 2 aromatic rings. The Hall–Kier alpha value is -2.18. The van der Waals surface area contributed by atoms with Crippen molar-refractivity contribution in [1.29, 1.82) is 0 Å². The molecule has 116 valence electrons. The summed E-state index contributed by atoms with van der Waals surface area (Å²) in [6.07, 6.45) is 0.704. The van der Waals surface area contributed by atoms with E-state index in [-0.39, 0.29) is 17.9 Å². The second kappa shape index (κ2) is 7.72. The van der Waals surface area contributed by atoms with Gasteiger partial charge in [0.15, 0.2) is 0 Å². The summed E-state index contributed by atoms with van der Waals surface area (Å²) in [5.74, 6) is -0.445. The lowest BCUT2D eigenvalue weighted by Gasteiger charge is -2.11. The number of carbonyl (C=O) groups excluding carboxylic acids is 2. The average Bonchev–Trinajstić information content (AvgIpc) is 3.01. The Bertz CT molecular complexity index is 639. The normalized spacial score (nSPS) is 11.7. The first-order valence-electron chi connectivity index (χ1n) is 7.04. The lowest BCUT2D eigenvalue weighted by Crippen LogP contribution is -2.29. The number of anilines is 1. The van der Waals surface area contributed by atoms with Gasteiger partial charge in [0.05, 0.1) is 16.8 Å². The molecule has 0 aliphatic carbocycles. The van der Waals surface area contributed by atoms with E-state index in [1.165, 1.54) is 11.3 Å². The van der Waals surface area contributed by atoms with E-state index in [1.807, 2.05) is 12.3 Å². The maximum absolute atomic E-state index is 12.2. The molecule has 1 unspecified atom stereocenters. The van der Waals surface area contributed by atoms with Gasteiger partial charge in [0.1, 0.15) is 0 Å². The number of thiophene rings is 1. The summed E-state index contributed by atoms with van der Waals surface area (Å²) < 4.78 is 0. The Morgan fingerprint density at radius 2 is 2.00 bits per heavy atom. The van der Waals surface area contributed by atoms with Crippen LogP contribution in [0.4, 0.5) is 5.69 Å². The van der Waals surface area contributed by atoms with Crippen LogP contribution in [0.15, 0.2) is 41.1 Å². The smallest absolute Gasteiger partial charge is 0.256 e. The van der Waals surface area contributed by atoms with Gasteiger partial charge in [-0.15, -0.1) is 0 Å². The zero-order chi connectivity index (χ0) is 15.9. The lowest BCUT2D eigenvalue weighted by atomic mass is 10.1. The predicted molar refractivity (Wildman–Crippen MR) is 89.3 cm³/mol. The number of benzene rings is 1. The summed E-state index contributed by atoms with van der Waals surface area (Å²) in [7, 11) is 0. The molecule has 1 aromatic carbocycles. The van der Waals surface area contributed by atoms with Gasteiger partial charge >= 0.3 is 0 Å². The Morgan fingerprint density at radius 1 is 1.23 bits per heavy atom. The molecule has 1 aromatic heterocycles. The number of para-hydroxylation sites is 1. The van der Waals surface area contributed by atoms with Crippen LogP contribution in [0.5, 0.6) is 0 Å². The highest BCUT2D eigenvalue weighted by atomic mass is 32.1. The highest BCUT2D eigenvalue weighted by Gasteiger charge is 2.14. The number of hydrogen-bond acceptors (Lipinski definition) is 4. The maximum atomic E-state index is 12.2. The molecular weight excluding hydrogens is 298 g/mol. The van der Waals surface area contributed by atoms with E-state index in [9.17, 15) is 9.59 Å². The Morgan fingerprint density at radius 3 is 2.68 bits per heavy atom. The molecule has 0 saturated heterocycles. The van der Waals surface area contributed by atoms with Crippen molar-refractivity contribution >= 4 is 28.8 Å². The van der Waals surface area contributed by atoms with Crippen LogP contribution in [0.2, 0.25) is 0 Å². The van der Waals surface area contributed by atoms with Crippen LogP contribution in [-0.4, -0.2) is 24.4 Å². The summed E-state index contributed by atoms with van der Waals surface area (Å²) in [4.78, 5) is 24.3. The standard InChI is InChI=1S/C16H19N3O2S/c1-11(17)6-8-18-16(21)13-4-2-3-5-14(13)19-15(20)12-7-9-22-10-12/h2-5,7,9-11H,6,8,17H2,1H3,(H,18,21)(H,19,20). The molecule has 4 N–H and O–H groups in total. The fraction of sp³-hybridized carbons (Fsp3) is 0.250. The molecule has 0 bridgehead atoms. The number of nitrogens with one attached hydrogen (secondary N) is 2. The second-order valence-electron chi connectivity index (χ2n) is 5.03. The van der Waals surface area contributed by atoms with Gasteiger partial charge in [-0.2, -0.15) is 11.3 Å². The molecule has 0 spiro atoms. The number of carbonyl (C=O) groups is 2. The molecule has 6 heteroatoms. The quantitative estimate of drug-likeness (QED) is 0.765. The van der Waals surface area contributed by atoms with Crippen molar-refractivity contribution in [2.75, 3.05) is 11.9 Å². The molecule has 0 aliphatic rings. The van der Waals surface area contributed by atoms with E-state index in [1.54, 1.807) is 35.7 Å². The summed E-state index contributed by atoms with van der Waals surface area (Å²) >= 11 is 1.45. The molecule has 22 heavy (non-hydrogen) atoms. The minimum absolute atomic E-state index is 0.0360. The van der Waals surface area contributed by atoms with E-state index in [2.05, 4.69) is 10.6 Å². The third-order valence-corrected chi connectivity index (χ3v) is 3.77. The van der Waals surface area contributed by atoms with Gasteiger partial charge < -0.3 is 16.4 Å². The average molecular weight is 317 g/mol. The minimum atomic E-state index is -0.225. The topological polar surface area (TPSA) is 84.2 Å². The van der Waals surface area contributed by atoms with Crippen molar-refractivity contribution in [3.8, 4) is 0 Å². The number of hydrogen-bond donors (Lipinski definition) is 3. The Balaban J connectivity index is 2.06. The highest BCUT2D eigenvalue weighted by molar-refractivity contribution is 7.08. The summed E-state index contributed by atoms with van der Waals surface area (Å²) in [5.41, 5.74) is 7.18. The lowest BCUT2D eigenvalue weighted by molar-refractivity contribution is 0.0953. The third-order valence-electron chi connectivity index (χ3n) is 3.09. The van der Waals surface area contributed by atoms with Crippen molar-refractivity contribution in [2.45, 2.75) is 19.4 Å². The van der Waals surface area contributed by atoms with Crippen LogP contribution in [0.1, 0.15) is 34.1 Å². The van der Waals surface area contributed by atoms with Gasteiger partial charge in [-0.25, -0.2) is 0 Å². The van der Waals surface area contributed by atoms with Gasteiger partial charge in [-0.1, -0.05) is 12.1 Å². The summed E-state index contributed by atoms with van der Waals surface area (Å²) in [5, 5.41) is 9.19. The summed E-state index contributed by atoms with van der Waals surface area (Å²) in [6.45, 7) is 2.39. The molecule has 2 amide bonds. The van der Waals surface area contributed by atoms with Crippen molar-refractivity contribution in [3.05, 3.63) is 52.2 Å². The largest absolute Gasteiger partial charge is 0.352 e. The molecule has 5 nitrogen and oxygen atoms in total. The minimum Gasteiger partial charge on any atom is -0.352 e. The van der Waals surface area contributed by atoms with Crippen LogP contribution in [0.25, 0.3) is 0 Å². The molecule has 2 rings (SSSR count). The zero-order valence-corrected chi connectivity index (χ0v) is 13.2. The molecule has 1 heterocycles. The monoisotopic (exact) mass is 317 g/mol. The molecule has 0 aliphatic heterocycles. The van der Waals surface area contributed by atoms with Crippen LogP contribution in [0, 0.1) is 0 Å². The number of nitrogens with two attached hydrogens (primary N) is 1. The van der Waals surface area contributed by atoms with Crippen molar-refractivity contribution < 1.29 is 9.59 Å². The predicted octanol–water partition coefficient (Wildman–Crippen LogP) is 2.47. The number of amides is 2. The van der Waals surface area contributed by atoms with Crippen LogP contribution >= 0.6 is 11.3 Å². The maximum Gasteiger partial charge on any atom is 0.256 e. The van der Waals surface area contributed by atoms with Crippen molar-refractivity contribution in [2.24, 2.45) is 5.73 Å². The Labute approximate surface area is 133 Å². The van der Waals surface area contributed by atoms with Gasteiger partial charge in [0, 0.05) is 18.0 Å². The first-order valence-corrected chi connectivity index (χ1v) is 7.98. The van der Waals surface area contributed by atoms with Gasteiger partial charge in [-0.05, 0) is 36.9 Å². The van der Waals surface area contributed by atoms with Gasteiger partial charge in [0.2, 0.25) is 0 Å². The molecule has 0 fully saturated rings. The molecule has 0 radical (unpaired) electrons. The second-order valence-corrected chi connectivity index (χ2v) is 5.81. The molecule has 0 saturated carbocycles. The first kappa shape index (κ1) is 16.2. The van der Waals surface area contributed by atoms with Crippen LogP contribution in [-0.2, 0) is 0 Å². The van der Waals surface area contributed by atoms with E-state index < -0.39 is 0 Å². The van der Waals surface area contributed by atoms with Crippen molar-refractivity contribution in [1.82, 2.24) is 5.32 Å². The Kier molecular flexibility index (Phi) is 5.68. The molecular formula is C16H19N3O2S. The van der Waals surface area contributed by atoms with Gasteiger partial charge in [0.25, 0.3) is 11.8 Å². The van der Waals surface area contributed by atoms with Crippen LogP contribution in [0.3, 0.4) is 0 Å². The van der Waals surface area contributed by atoms with Crippen molar-refractivity contribution in [3.63, 3.8) is 0 Å². The highest BCUT2D eigenvalue weighted by Crippen LogP contribution is 2.17. The molecule has 1 atom stereocenters. The number of rotatable bonds is 6. The fourth-order valence-electron chi connectivity index (χ4n) is 1.89. The van der Waals surface area contributed by atoms with E-state index in [4.69, 9.17) is 5.73 Å². The fourth-order valence-corrected chi connectivity index (χ4v) is 2.52. The summed E-state index contributed by atoms with van der Waals surface area (Å²) in [6, 6.07) is 8.72. The van der Waals surface area contributed by atoms with E-state index in [0.29, 0.717) is 29.8 Å². The van der Waals surface area contributed by atoms with Crippen LogP contribution < -0.4 is 16.4 Å². The van der Waals surface area contributed by atoms with E-state index in [0.717, 1.165) is 0 Å².